The zero-order chi connectivity index (χ0) is 26.4. The van der Waals surface area contributed by atoms with E-state index < -0.39 is 28.0 Å². The summed E-state index contributed by atoms with van der Waals surface area (Å²) in [6.07, 6.45) is 3.30. The lowest BCUT2D eigenvalue weighted by Gasteiger charge is -2.28. The molecule has 1 fully saturated rings. The van der Waals surface area contributed by atoms with Gasteiger partial charge in [-0.3, -0.25) is 13.8 Å². The Kier molecular flexibility index (Phi) is 5.72. The maximum atomic E-state index is 13.6. The van der Waals surface area contributed by atoms with Crippen molar-refractivity contribution >= 4 is 32.5 Å². The van der Waals surface area contributed by atoms with E-state index >= 15 is 0 Å². The zero-order valence-corrected chi connectivity index (χ0v) is 21.1. The van der Waals surface area contributed by atoms with Crippen LogP contribution in [0.1, 0.15) is 22.1 Å². The number of fused-ring (bicyclic) bond motifs is 1. The Morgan fingerprint density at radius 3 is 2.45 bits per heavy atom. The van der Waals surface area contributed by atoms with E-state index in [1.54, 1.807) is 60.5 Å². The molecule has 1 aliphatic rings. The van der Waals surface area contributed by atoms with Crippen molar-refractivity contribution in [3.63, 3.8) is 0 Å². The van der Waals surface area contributed by atoms with Gasteiger partial charge in [0.1, 0.15) is 11.5 Å². The Hall–Kier alpha value is -4.51. The van der Waals surface area contributed by atoms with Gasteiger partial charge in [0.05, 0.1) is 40.9 Å². The Labute approximate surface area is 218 Å². The van der Waals surface area contributed by atoms with E-state index in [1.807, 2.05) is 30.3 Å². The highest BCUT2D eigenvalue weighted by Crippen LogP contribution is 2.40. The van der Waals surface area contributed by atoms with E-state index in [0.29, 0.717) is 11.4 Å². The van der Waals surface area contributed by atoms with Crippen LogP contribution < -0.4 is 9.62 Å². The van der Waals surface area contributed by atoms with Gasteiger partial charge in [-0.2, -0.15) is 10.2 Å². The van der Waals surface area contributed by atoms with Crippen LogP contribution in [0.25, 0.3) is 16.6 Å². The summed E-state index contributed by atoms with van der Waals surface area (Å²) >= 11 is 0. The maximum Gasteiger partial charge on any atom is 0.272 e. The first-order valence-corrected chi connectivity index (χ1v) is 13.5. The number of aryl methyl sites for hydroxylation is 1. The summed E-state index contributed by atoms with van der Waals surface area (Å²) in [7, 11) is -2.10. The zero-order valence-electron chi connectivity index (χ0n) is 20.3. The van der Waals surface area contributed by atoms with Gasteiger partial charge in [0.15, 0.2) is 0 Å². The van der Waals surface area contributed by atoms with Gasteiger partial charge in [-0.15, -0.1) is 0 Å². The van der Waals surface area contributed by atoms with E-state index in [1.165, 1.54) is 21.1 Å². The Morgan fingerprint density at radius 1 is 1.00 bits per heavy atom. The highest BCUT2D eigenvalue weighted by atomic mass is 32.2. The molecule has 0 aliphatic carbocycles. The van der Waals surface area contributed by atoms with Gasteiger partial charge in [-0.05, 0) is 54.1 Å². The van der Waals surface area contributed by atoms with Gasteiger partial charge in [0, 0.05) is 18.6 Å². The SMILES string of the molecule is Cn1ccc(C(=O)N[C@H]2CS(=O)(=O)N(c3ccc4c(cnn4-c4ccc(F)cc4)c3)[C@@H]2c2ccccc2)n1. The van der Waals surface area contributed by atoms with Gasteiger partial charge < -0.3 is 5.32 Å². The molecule has 192 valence electrons. The molecule has 3 heterocycles. The van der Waals surface area contributed by atoms with E-state index in [4.69, 9.17) is 0 Å². The topological polar surface area (TPSA) is 102 Å². The fourth-order valence-corrected chi connectivity index (χ4v) is 6.85. The van der Waals surface area contributed by atoms with Crippen molar-refractivity contribution in [2.75, 3.05) is 10.1 Å². The molecule has 1 aliphatic heterocycles. The first-order chi connectivity index (χ1) is 18.3. The summed E-state index contributed by atoms with van der Waals surface area (Å²) in [5.74, 6) is -1.05. The lowest BCUT2D eigenvalue weighted by atomic mass is 9.99. The van der Waals surface area contributed by atoms with Crippen molar-refractivity contribution in [2.24, 2.45) is 7.05 Å². The van der Waals surface area contributed by atoms with E-state index in [0.717, 1.165) is 16.5 Å². The number of hydrogen-bond donors (Lipinski definition) is 1. The Balaban J connectivity index is 1.40. The minimum Gasteiger partial charge on any atom is -0.344 e. The van der Waals surface area contributed by atoms with Crippen LogP contribution in [0.5, 0.6) is 0 Å². The summed E-state index contributed by atoms with van der Waals surface area (Å²) in [5, 5.41) is 12.2. The van der Waals surface area contributed by atoms with E-state index in [2.05, 4.69) is 15.5 Å². The van der Waals surface area contributed by atoms with Crippen molar-refractivity contribution < 1.29 is 17.6 Å². The van der Waals surface area contributed by atoms with Crippen molar-refractivity contribution in [1.82, 2.24) is 24.9 Å². The average molecular weight is 531 g/mol. The van der Waals surface area contributed by atoms with Gasteiger partial charge in [0.25, 0.3) is 5.91 Å². The second kappa shape index (κ2) is 9.10. The number of rotatable bonds is 5. The van der Waals surface area contributed by atoms with E-state index in [9.17, 15) is 17.6 Å². The largest absolute Gasteiger partial charge is 0.344 e. The summed E-state index contributed by atoms with van der Waals surface area (Å²) < 4.78 is 45.1. The van der Waals surface area contributed by atoms with Crippen molar-refractivity contribution in [2.45, 2.75) is 12.1 Å². The molecule has 0 spiro atoms. The molecule has 1 amide bonds. The van der Waals surface area contributed by atoms with Gasteiger partial charge in [-0.25, -0.2) is 17.5 Å². The number of halogens is 1. The van der Waals surface area contributed by atoms with Crippen LogP contribution in [-0.2, 0) is 17.1 Å². The Morgan fingerprint density at radius 2 is 1.74 bits per heavy atom. The molecule has 38 heavy (non-hydrogen) atoms. The first kappa shape index (κ1) is 23.9. The predicted octanol–water partition coefficient (Wildman–Crippen LogP) is 3.59. The smallest absolute Gasteiger partial charge is 0.272 e. The second-order valence-electron chi connectivity index (χ2n) is 9.16. The number of carbonyl (C=O) groups excluding carboxylic acids is 1. The van der Waals surface area contributed by atoms with Crippen LogP contribution >= 0.6 is 0 Å². The number of anilines is 1. The third kappa shape index (κ3) is 4.20. The van der Waals surface area contributed by atoms with Crippen molar-refractivity contribution in [3.05, 3.63) is 108 Å². The highest BCUT2D eigenvalue weighted by Gasteiger charge is 2.47. The van der Waals surface area contributed by atoms with Crippen molar-refractivity contribution in [3.8, 4) is 5.69 Å². The molecule has 0 bridgehead atoms. The fourth-order valence-electron chi connectivity index (χ4n) is 4.92. The summed E-state index contributed by atoms with van der Waals surface area (Å²) in [5.41, 5.74) is 2.85. The molecule has 3 aromatic carbocycles. The van der Waals surface area contributed by atoms with Gasteiger partial charge >= 0.3 is 0 Å². The number of nitrogens with one attached hydrogen (secondary N) is 1. The molecule has 11 heteroatoms. The third-order valence-corrected chi connectivity index (χ3v) is 8.42. The minimum atomic E-state index is -3.80. The second-order valence-corrected chi connectivity index (χ2v) is 11.1. The molecule has 0 radical (unpaired) electrons. The molecule has 6 rings (SSSR count). The molecule has 2 aromatic heterocycles. The molecule has 1 saturated heterocycles. The molecule has 5 aromatic rings. The molecule has 0 unspecified atom stereocenters. The fraction of sp³-hybridized carbons (Fsp3) is 0.148. The standard InChI is InChI=1S/C27H23FN6O3S/c1-32-14-13-23(31-32)27(35)30-24-17-38(36,37)34(26(24)18-5-3-2-4-6-18)22-11-12-25-19(15-22)16-29-33(25)21-9-7-20(28)8-10-21/h2-16,24,26H,17H2,1H3,(H,30,35)/t24-,26+/m0/s1. The maximum absolute atomic E-state index is 13.6. The molecule has 1 N–H and O–H groups in total. The van der Waals surface area contributed by atoms with E-state index in [-0.39, 0.29) is 17.3 Å². The number of carbonyl (C=O) groups is 1. The van der Waals surface area contributed by atoms with Crippen LogP contribution in [0, 0.1) is 5.82 Å². The number of aromatic nitrogens is 4. The monoisotopic (exact) mass is 530 g/mol. The van der Waals surface area contributed by atoms with Gasteiger partial charge in [-0.1, -0.05) is 30.3 Å². The van der Waals surface area contributed by atoms with Crippen LogP contribution in [-0.4, -0.2) is 45.7 Å². The molecular formula is C27H23FN6O3S. The van der Waals surface area contributed by atoms with Gasteiger partial charge in [0.2, 0.25) is 10.0 Å². The highest BCUT2D eigenvalue weighted by molar-refractivity contribution is 7.93. The molecular weight excluding hydrogens is 507 g/mol. The first-order valence-electron chi connectivity index (χ1n) is 11.9. The van der Waals surface area contributed by atoms with Crippen LogP contribution in [0.3, 0.4) is 0 Å². The molecule has 2 atom stereocenters. The lowest BCUT2D eigenvalue weighted by Crippen LogP contribution is -2.41. The third-order valence-electron chi connectivity index (χ3n) is 6.60. The molecule has 0 saturated carbocycles. The minimum absolute atomic E-state index is 0.213. The van der Waals surface area contributed by atoms with Crippen LogP contribution in [0.2, 0.25) is 0 Å². The number of hydrogen-bond acceptors (Lipinski definition) is 5. The van der Waals surface area contributed by atoms with Crippen LogP contribution in [0.15, 0.2) is 91.3 Å². The summed E-state index contributed by atoms with van der Waals surface area (Å²) in [6.45, 7) is 0. The number of nitrogens with zero attached hydrogens (tertiary/aromatic N) is 5. The summed E-state index contributed by atoms with van der Waals surface area (Å²) in [4.78, 5) is 12.9. The number of sulfonamides is 1. The van der Waals surface area contributed by atoms with Crippen molar-refractivity contribution in [1.29, 1.82) is 0 Å². The Bertz CT molecular complexity index is 1750. The molecule has 9 nitrogen and oxygen atoms in total. The lowest BCUT2D eigenvalue weighted by molar-refractivity contribution is 0.0931. The summed E-state index contributed by atoms with van der Waals surface area (Å²) in [6, 6.07) is 20.7. The number of amides is 1. The number of benzene rings is 3. The normalized spacial score (nSPS) is 18.6. The predicted molar refractivity (Wildman–Crippen MR) is 141 cm³/mol. The quantitative estimate of drug-likeness (QED) is 0.374. The van der Waals surface area contributed by atoms with Crippen LogP contribution in [0.4, 0.5) is 10.1 Å². The average Bonchev–Trinajstić information content (AvgIpc) is 3.59.